The maximum atomic E-state index is 12.5. The summed E-state index contributed by atoms with van der Waals surface area (Å²) in [6.45, 7) is 4.99. The molecule has 2 amide bonds. The molecule has 1 aliphatic heterocycles. The van der Waals surface area contributed by atoms with Crippen molar-refractivity contribution < 1.29 is 9.90 Å². The molecule has 2 atom stereocenters. The van der Waals surface area contributed by atoms with Gasteiger partial charge in [-0.1, -0.05) is 29.8 Å². The van der Waals surface area contributed by atoms with Crippen molar-refractivity contribution in [2.45, 2.75) is 51.6 Å². The highest BCUT2D eigenvalue weighted by molar-refractivity contribution is 5.75. The smallest absolute Gasteiger partial charge is 0.318 e. The number of urea groups is 1. The minimum absolute atomic E-state index is 0.00481. The first-order valence-corrected chi connectivity index (χ1v) is 7.86. The Bertz CT molecular complexity index is 456. The summed E-state index contributed by atoms with van der Waals surface area (Å²) in [6.07, 6.45) is 3.86. The van der Waals surface area contributed by atoms with Gasteiger partial charge in [-0.3, -0.25) is 0 Å². The molecule has 4 heteroatoms. The normalized spacial score (nSPS) is 20.1. The van der Waals surface area contributed by atoms with Crippen molar-refractivity contribution in [1.82, 2.24) is 10.2 Å². The molecule has 1 fully saturated rings. The minimum Gasteiger partial charge on any atom is -0.396 e. The van der Waals surface area contributed by atoms with Gasteiger partial charge in [0.1, 0.15) is 0 Å². The van der Waals surface area contributed by atoms with Crippen LogP contribution >= 0.6 is 0 Å². The van der Waals surface area contributed by atoms with E-state index < -0.39 is 0 Å². The Morgan fingerprint density at radius 1 is 1.38 bits per heavy atom. The van der Waals surface area contributed by atoms with E-state index in [2.05, 4.69) is 36.5 Å². The zero-order chi connectivity index (χ0) is 15.2. The molecule has 2 N–H and O–H groups in total. The molecule has 0 aliphatic carbocycles. The van der Waals surface area contributed by atoms with Crippen molar-refractivity contribution >= 4 is 6.03 Å². The Labute approximate surface area is 127 Å². The Morgan fingerprint density at radius 3 is 2.76 bits per heavy atom. The summed E-state index contributed by atoms with van der Waals surface area (Å²) in [5, 5.41) is 12.2. The topological polar surface area (TPSA) is 52.6 Å². The molecule has 0 aromatic heterocycles. The number of aryl methyl sites for hydroxylation is 1. The number of aliphatic hydroxyl groups is 1. The van der Waals surface area contributed by atoms with E-state index in [1.165, 1.54) is 5.56 Å². The lowest BCUT2D eigenvalue weighted by Crippen LogP contribution is -2.49. The predicted molar refractivity (Wildman–Crippen MR) is 84.2 cm³/mol. The van der Waals surface area contributed by atoms with Crippen LogP contribution in [0, 0.1) is 6.92 Å². The first kappa shape index (κ1) is 15.8. The molecular weight excluding hydrogens is 264 g/mol. The van der Waals surface area contributed by atoms with Crippen molar-refractivity contribution in [2.24, 2.45) is 0 Å². The maximum absolute atomic E-state index is 12.5. The molecule has 1 aromatic rings. The van der Waals surface area contributed by atoms with Gasteiger partial charge >= 0.3 is 6.03 Å². The number of hydrogen-bond donors (Lipinski definition) is 2. The fourth-order valence-electron chi connectivity index (χ4n) is 2.92. The summed E-state index contributed by atoms with van der Waals surface area (Å²) in [5.74, 6) is 0. The summed E-state index contributed by atoms with van der Waals surface area (Å²) in [6, 6.07) is 8.40. The van der Waals surface area contributed by atoms with Crippen LogP contribution in [-0.4, -0.2) is 35.2 Å². The summed E-state index contributed by atoms with van der Waals surface area (Å²) in [5.41, 5.74) is 2.33. The molecule has 2 unspecified atom stereocenters. The van der Waals surface area contributed by atoms with E-state index in [1.54, 1.807) is 0 Å². The number of amides is 2. The van der Waals surface area contributed by atoms with Crippen LogP contribution in [0.5, 0.6) is 0 Å². The Morgan fingerprint density at radius 2 is 2.10 bits per heavy atom. The van der Waals surface area contributed by atoms with E-state index in [-0.39, 0.29) is 24.7 Å². The molecule has 1 aliphatic rings. The van der Waals surface area contributed by atoms with Gasteiger partial charge in [0.05, 0.1) is 6.04 Å². The Balaban J connectivity index is 1.97. The van der Waals surface area contributed by atoms with Crippen molar-refractivity contribution in [2.75, 3.05) is 13.2 Å². The number of benzene rings is 1. The van der Waals surface area contributed by atoms with Crippen LogP contribution < -0.4 is 5.32 Å². The van der Waals surface area contributed by atoms with Gasteiger partial charge in [-0.25, -0.2) is 4.79 Å². The van der Waals surface area contributed by atoms with Gasteiger partial charge in [0.25, 0.3) is 0 Å². The number of carbonyl (C=O) groups is 1. The SMILES string of the molecule is Cc1ccc(C(C)NC(=O)N2CCCCC2CCO)cc1. The minimum atomic E-state index is -0.0128. The van der Waals surface area contributed by atoms with Crippen LogP contribution in [0.1, 0.15) is 49.8 Å². The van der Waals surface area contributed by atoms with Gasteiger partial charge in [-0.05, 0) is 45.1 Å². The highest BCUT2D eigenvalue weighted by atomic mass is 16.3. The van der Waals surface area contributed by atoms with E-state index in [1.807, 2.05) is 11.8 Å². The van der Waals surface area contributed by atoms with Crippen LogP contribution in [0.25, 0.3) is 0 Å². The zero-order valence-corrected chi connectivity index (χ0v) is 13.0. The molecule has 21 heavy (non-hydrogen) atoms. The summed E-state index contributed by atoms with van der Waals surface area (Å²) in [4.78, 5) is 14.4. The monoisotopic (exact) mass is 290 g/mol. The van der Waals surface area contributed by atoms with Crippen molar-refractivity contribution in [1.29, 1.82) is 0 Å². The Kier molecular flexibility index (Phi) is 5.62. The van der Waals surface area contributed by atoms with Crippen LogP contribution in [0.4, 0.5) is 4.79 Å². The number of aliphatic hydroxyl groups excluding tert-OH is 1. The largest absolute Gasteiger partial charge is 0.396 e. The predicted octanol–water partition coefficient (Wildman–Crippen LogP) is 3.00. The highest BCUT2D eigenvalue weighted by Gasteiger charge is 2.26. The fourth-order valence-corrected chi connectivity index (χ4v) is 2.92. The average molecular weight is 290 g/mol. The first-order valence-electron chi connectivity index (χ1n) is 7.86. The molecule has 1 aromatic carbocycles. The summed E-state index contributed by atoms with van der Waals surface area (Å²) in [7, 11) is 0. The van der Waals surface area contributed by atoms with Gasteiger partial charge < -0.3 is 15.3 Å². The maximum Gasteiger partial charge on any atom is 0.318 e. The van der Waals surface area contributed by atoms with Crippen LogP contribution in [-0.2, 0) is 0 Å². The van der Waals surface area contributed by atoms with Gasteiger partial charge in [-0.2, -0.15) is 0 Å². The van der Waals surface area contributed by atoms with E-state index in [4.69, 9.17) is 5.11 Å². The third-order valence-corrected chi connectivity index (χ3v) is 4.27. The summed E-state index contributed by atoms with van der Waals surface area (Å²) < 4.78 is 0. The van der Waals surface area contributed by atoms with Crippen LogP contribution in [0.2, 0.25) is 0 Å². The number of carbonyl (C=O) groups excluding carboxylic acids is 1. The van der Waals surface area contributed by atoms with Gasteiger partial charge in [0.15, 0.2) is 0 Å². The van der Waals surface area contributed by atoms with E-state index in [9.17, 15) is 4.79 Å². The standard InChI is InChI=1S/C17H26N2O2/c1-13-6-8-15(9-7-13)14(2)18-17(21)19-11-4-3-5-16(19)10-12-20/h6-9,14,16,20H,3-5,10-12H2,1-2H3,(H,18,21). The second-order valence-electron chi connectivity index (χ2n) is 5.94. The van der Waals surface area contributed by atoms with Gasteiger partial charge in [-0.15, -0.1) is 0 Å². The zero-order valence-electron chi connectivity index (χ0n) is 13.0. The van der Waals surface area contributed by atoms with Crippen molar-refractivity contribution in [3.63, 3.8) is 0 Å². The first-order chi connectivity index (χ1) is 10.1. The average Bonchev–Trinajstić information content (AvgIpc) is 2.48. The quantitative estimate of drug-likeness (QED) is 0.895. The molecular formula is C17H26N2O2. The van der Waals surface area contributed by atoms with Crippen molar-refractivity contribution in [3.05, 3.63) is 35.4 Å². The van der Waals surface area contributed by atoms with E-state index in [0.717, 1.165) is 31.4 Å². The molecule has 1 saturated heterocycles. The third-order valence-electron chi connectivity index (χ3n) is 4.27. The second kappa shape index (κ2) is 7.46. The molecule has 0 spiro atoms. The number of likely N-dealkylation sites (tertiary alicyclic amines) is 1. The lowest BCUT2D eigenvalue weighted by molar-refractivity contribution is 0.130. The fraction of sp³-hybridized carbons (Fsp3) is 0.588. The number of piperidine rings is 1. The number of hydrogen-bond acceptors (Lipinski definition) is 2. The van der Waals surface area contributed by atoms with E-state index >= 15 is 0 Å². The van der Waals surface area contributed by atoms with Gasteiger partial charge in [0, 0.05) is 19.2 Å². The van der Waals surface area contributed by atoms with Crippen molar-refractivity contribution in [3.8, 4) is 0 Å². The summed E-state index contributed by atoms with van der Waals surface area (Å²) >= 11 is 0. The molecule has 0 saturated carbocycles. The van der Waals surface area contributed by atoms with Crippen LogP contribution in [0.3, 0.4) is 0 Å². The molecule has 0 bridgehead atoms. The molecule has 2 rings (SSSR count). The number of rotatable bonds is 4. The molecule has 116 valence electrons. The molecule has 4 nitrogen and oxygen atoms in total. The van der Waals surface area contributed by atoms with E-state index in [0.29, 0.717) is 6.42 Å². The second-order valence-corrected chi connectivity index (χ2v) is 5.94. The lowest BCUT2D eigenvalue weighted by atomic mass is 10.00. The highest BCUT2D eigenvalue weighted by Crippen LogP contribution is 2.21. The number of nitrogens with zero attached hydrogens (tertiary/aromatic N) is 1. The third kappa shape index (κ3) is 4.21. The van der Waals surface area contributed by atoms with Crippen LogP contribution in [0.15, 0.2) is 24.3 Å². The Hall–Kier alpha value is -1.55. The van der Waals surface area contributed by atoms with Gasteiger partial charge in [0.2, 0.25) is 0 Å². The lowest BCUT2D eigenvalue weighted by Gasteiger charge is -2.36. The number of nitrogens with one attached hydrogen (secondary N) is 1. The molecule has 1 heterocycles. The molecule has 0 radical (unpaired) electrons.